The molecule has 2 rings (SSSR count). The van der Waals surface area contributed by atoms with Crippen molar-refractivity contribution in [3.05, 3.63) is 29.8 Å². The number of amides is 3. The molecule has 1 aliphatic heterocycles. The van der Waals surface area contributed by atoms with Crippen molar-refractivity contribution in [3.8, 4) is 0 Å². The van der Waals surface area contributed by atoms with Crippen LogP contribution in [-0.4, -0.2) is 30.0 Å². The van der Waals surface area contributed by atoms with Crippen molar-refractivity contribution < 1.29 is 9.59 Å². The maximum Gasteiger partial charge on any atom is 0.312 e. The second-order valence-corrected chi connectivity index (χ2v) is 6.69. The van der Waals surface area contributed by atoms with Crippen LogP contribution in [0.3, 0.4) is 0 Å². The maximum atomic E-state index is 11.6. The van der Waals surface area contributed by atoms with Crippen LogP contribution in [-0.2, 0) is 4.79 Å². The van der Waals surface area contributed by atoms with Gasteiger partial charge in [-0.25, -0.2) is 4.79 Å². The Hall–Kier alpha value is -1.34. The fraction of sp³-hybridized carbons (Fsp3) is 0.333. The minimum absolute atomic E-state index is 0.119. The number of hydrogen-bond acceptors (Lipinski definition) is 4. The van der Waals surface area contributed by atoms with Crippen LogP contribution in [0.2, 0.25) is 0 Å². The molecule has 0 aromatic heterocycles. The van der Waals surface area contributed by atoms with Crippen molar-refractivity contribution in [2.75, 3.05) is 23.4 Å². The highest BCUT2D eigenvalue weighted by Crippen LogP contribution is 2.45. The highest BCUT2D eigenvalue weighted by atomic mass is 32.2. The largest absolute Gasteiger partial charge is 0.352 e. The van der Waals surface area contributed by atoms with Gasteiger partial charge in [0.05, 0.1) is 11.1 Å². The predicted octanol–water partition coefficient (Wildman–Crippen LogP) is 1.77. The highest BCUT2D eigenvalue weighted by molar-refractivity contribution is 8.19. The van der Waals surface area contributed by atoms with Crippen molar-refractivity contribution in [1.82, 2.24) is 5.32 Å². The van der Waals surface area contributed by atoms with E-state index in [1.165, 1.54) is 5.56 Å². The van der Waals surface area contributed by atoms with Gasteiger partial charge in [0.1, 0.15) is 0 Å². The second kappa shape index (κ2) is 6.72. The lowest BCUT2D eigenvalue weighted by molar-refractivity contribution is -0.115. The number of nitrogens with one attached hydrogen (secondary N) is 2. The lowest BCUT2D eigenvalue weighted by atomic mass is 10.2. The lowest BCUT2D eigenvalue weighted by Crippen LogP contribution is -2.36. The van der Waals surface area contributed by atoms with Gasteiger partial charge in [-0.1, -0.05) is 12.1 Å². The number of carbonyl (C=O) groups is 2. The fourth-order valence-corrected chi connectivity index (χ4v) is 4.52. The highest BCUT2D eigenvalue weighted by Gasteiger charge is 2.18. The Morgan fingerprint density at radius 2 is 2.05 bits per heavy atom. The first-order chi connectivity index (χ1) is 9.15. The molecule has 1 saturated heterocycles. The first kappa shape index (κ1) is 14.1. The molecule has 19 heavy (non-hydrogen) atoms. The molecule has 1 heterocycles. The van der Waals surface area contributed by atoms with Crippen LogP contribution in [0.5, 0.6) is 0 Å². The summed E-state index contributed by atoms with van der Waals surface area (Å²) < 4.78 is 0.445. The molecule has 1 aromatic carbocycles. The van der Waals surface area contributed by atoms with Gasteiger partial charge in [-0.05, 0) is 17.7 Å². The molecule has 0 aliphatic carbocycles. The van der Waals surface area contributed by atoms with Gasteiger partial charge in [0.25, 0.3) is 0 Å². The summed E-state index contributed by atoms with van der Waals surface area (Å²) in [5, 5.41) is 4.99. The Morgan fingerprint density at radius 1 is 1.32 bits per heavy atom. The van der Waals surface area contributed by atoms with E-state index in [-0.39, 0.29) is 12.5 Å². The summed E-state index contributed by atoms with van der Waals surface area (Å²) in [4.78, 5) is 22.1. The first-order valence-electron chi connectivity index (χ1n) is 5.81. The van der Waals surface area contributed by atoms with Gasteiger partial charge < -0.3 is 16.4 Å². The van der Waals surface area contributed by atoms with E-state index in [9.17, 15) is 9.59 Å². The molecule has 0 radical (unpaired) electrons. The smallest absolute Gasteiger partial charge is 0.312 e. The third-order valence-corrected chi connectivity index (χ3v) is 5.59. The molecule has 5 nitrogen and oxygen atoms in total. The zero-order valence-corrected chi connectivity index (χ0v) is 11.9. The summed E-state index contributed by atoms with van der Waals surface area (Å²) in [7, 11) is 0. The normalized spacial score (nSPS) is 15.2. The Kier molecular flexibility index (Phi) is 4.98. The molecule has 0 atom stereocenters. The molecule has 7 heteroatoms. The monoisotopic (exact) mass is 297 g/mol. The average Bonchev–Trinajstić information content (AvgIpc) is 2.90. The van der Waals surface area contributed by atoms with E-state index in [4.69, 9.17) is 5.73 Å². The van der Waals surface area contributed by atoms with E-state index in [0.29, 0.717) is 4.58 Å². The Labute approximate surface area is 120 Å². The molecular weight excluding hydrogens is 282 g/mol. The molecule has 0 spiro atoms. The van der Waals surface area contributed by atoms with Crippen molar-refractivity contribution >= 4 is 41.1 Å². The number of thioether (sulfide) groups is 2. The van der Waals surface area contributed by atoms with Crippen LogP contribution in [0.25, 0.3) is 0 Å². The van der Waals surface area contributed by atoms with E-state index < -0.39 is 6.03 Å². The summed E-state index contributed by atoms with van der Waals surface area (Å²) in [6.07, 6.45) is 0. The first-order valence-corrected chi connectivity index (χ1v) is 7.91. The number of urea groups is 1. The number of hydrogen-bond donors (Lipinski definition) is 3. The standard InChI is InChI=1S/C12H15N3O2S2/c13-12(17)14-7-10(16)15-9-3-1-2-8(6-9)11-18-4-5-19-11/h1-3,6,11H,4-5,7H2,(H,15,16)(H3,13,14,17). The summed E-state index contributed by atoms with van der Waals surface area (Å²) in [6.45, 7) is -0.119. The van der Waals surface area contributed by atoms with Gasteiger partial charge in [-0.15, -0.1) is 23.5 Å². The number of rotatable bonds is 4. The molecule has 0 bridgehead atoms. The van der Waals surface area contributed by atoms with Crippen LogP contribution in [0.1, 0.15) is 10.1 Å². The Balaban J connectivity index is 1.94. The van der Waals surface area contributed by atoms with Crippen molar-refractivity contribution in [3.63, 3.8) is 0 Å². The zero-order chi connectivity index (χ0) is 13.7. The topological polar surface area (TPSA) is 84.2 Å². The third kappa shape index (κ3) is 4.36. The SMILES string of the molecule is NC(=O)NCC(=O)Nc1cccc(C2SCCS2)c1. The molecule has 3 amide bonds. The molecule has 102 valence electrons. The van der Waals surface area contributed by atoms with E-state index in [2.05, 4.69) is 16.7 Å². The van der Waals surface area contributed by atoms with E-state index >= 15 is 0 Å². The van der Waals surface area contributed by atoms with Crippen LogP contribution in [0, 0.1) is 0 Å². The van der Waals surface area contributed by atoms with Gasteiger partial charge in [0.2, 0.25) is 5.91 Å². The van der Waals surface area contributed by atoms with Gasteiger partial charge in [-0.2, -0.15) is 0 Å². The number of benzene rings is 1. The number of anilines is 1. The van der Waals surface area contributed by atoms with E-state index in [1.54, 1.807) is 0 Å². The number of carbonyl (C=O) groups excluding carboxylic acids is 2. The summed E-state index contributed by atoms with van der Waals surface area (Å²) in [5.74, 6) is 2.03. The lowest BCUT2D eigenvalue weighted by Gasteiger charge is -2.11. The van der Waals surface area contributed by atoms with Crippen LogP contribution in [0.4, 0.5) is 10.5 Å². The minimum atomic E-state index is -0.706. The number of primary amides is 1. The Morgan fingerprint density at radius 3 is 2.74 bits per heavy atom. The zero-order valence-electron chi connectivity index (χ0n) is 10.2. The average molecular weight is 297 g/mol. The van der Waals surface area contributed by atoms with Gasteiger partial charge in [-0.3, -0.25) is 4.79 Å². The van der Waals surface area contributed by atoms with Gasteiger partial charge in [0.15, 0.2) is 0 Å². The number of nitrogens with two attached hydrogens (primary N) is 1. The molecule has 4 N–H and O–H groups in total. The fourth-order valence-electron chi connectivity index (χ4n) is 1.69. The summed E-state index contributed by atoms with van der Waals surface area (Å²) >= 11 is 3.83. The predicted molar refractivity (Wildman–Crippen MR) is 80.3 cm³/mol. The van der Waals surface area contributed by atoms with E-state index in [1.807, 2.05) is 41.7 Å². The van der Waals surface area contributed by atoms with Crippen molar-refractivity contribution in [2.45, 2.75) is 4.58 Å². The molecular formula is C12H15N3O2S2. The second-order valence-electron chi connectivity index (χ2n) is 3.96. The third-order valence-electron chi connectivity index (χ3n) is 2.49. The van der Waals surface area contributed by atoms with Crippen LogP contribution in [0.15, 0.2) is 24.3 Å². The molecule has 1 fully saturated rings. The van der Waals surface area contributed by atoms with Crippen LogP contribution >= 0.6 is 23.5 Å². The molecule has 0 unspecified atom stereocenters. The van der Waals surface area contributed by atoms with Gasteiger partial charge >= 0.3 is 6.03 Å². The minimum Gasteiger partial charge on any atom is -0.352 e. The van der Waals surface area contributed by atoms with Crippen molar-refractivity contribution in [1.29, 1.82) is 0 Å². The van der Waals surface area contributed by atoms with Crippen molar-refractivity contribution in [2.24, 2.45) is 5.73 Å². The summed E-state index contributed by atoms with van der Waals surface area (Å²) in [6, 6.07) is 7.08. The molecule has 1 aliphatic rings. The molecule has 1 aromatic rings. The van der Waals surface area contributed by atoms with Crippen LogP contribution < -0.4 is 16.4 Å². The maximum absolute atomic E-state index is 11.6. The molecule has 0 saturated carbocycles. The summed E-state index contributed by atoms with van der Waals surface area (Å²) in [5.41, 5.74) is 6.85. The van der Waals surface area contributed by atoms with Gasteiger partial charge in [0, 0.05) is 17.2 Å². The Bertz CT molecular complexity index is 476. The quantitative estimate of drug-likeness (QED) is 0.791. The van der Waals surface area contributed by atoms with E-state index in [0.717, 1.165) is 17.2 Å².